The number of hydrogen-bond donors (Lipinski definition) is 2. The highest BCUT2D eigenvalue weighted by atomic mass is 35.5. The first-order valence-corrected chi connectivity index (χ1v) is 9.06. The number of pyridine rings is 2. The van der Waals surface area contributed by atoms with E-state index in [9.17, 15) is 4.79 Å². The number of nitrogens with zero attached hydrogens (tertiary/aromatic N) is 2. The molecule has 2 heterocycles. The number of amides is 1. The van der Waals surface area contributed by atoms with Crippen molar-refractivity contribution in [2.45, 2.75) is 18.5 Å². The van der Waals surface area contributed by atoms with Crippen LogP contribution in [0.2, 0.25) is 10.0 Å². The van der Waals surface area contributed by atoms with E-state index in [2.05, 4.69) is 15.3 Å². The number of aromatic nitrogens is 2. The van der Waals surface area contributed by atoms with Gasteiger partial charge in [0.05, 0.1) is 10.0 Å². The van der Waals surface area contributed by atoms with Gasteiger partial charge in [-0.05, 0) is 41.5 Å². The molecule has 0 spiro atoms. The van der Waals surface area contributed by atoms with E-state index in [0.717, 1.165) is 11.1 Å². The minimum absolute atomic E-state index is 0.300. The summed E-state index contributed by atoms with van der Waals surface area (Å²) in [5.74, 6) is -0.544. The van der Waals surface area contributed by atoms with Crippen LogP contribution in [-0.4, -0.2) is 15.9 Å². The van der Waals surface area contributed by atoms with Crippen molar-refractivity contribution in [3.05, 3.63) is 94.0 Å². The maximum absolute atomic E-state index is 12.7. The Kier molecular flexibility index (Phi) is 6.06. The highest BCUT2D eigenvalue weighted by Gasteiger charge is 2.40. The molecular formula is C20H18Cl2N4O. The van der Waals surface area contributed by atoms with Gasteiger partial charge in [-0.1, -0.05) is 35.3 Å². The molecule has 0 aliphatic rings. The fourth-order valence-corrected chi connectivity index (χ4v) is 3.42. The van der Waals surface area contributed by atoms with E-state index >= 15 is 0 Å². The van der Waals surface area contributed by atoms with Crippen LogP contribution in [0.4, 0.5) is 0 Å². The molecule has 2 aromatic heterocycles. The van der Waals surface area contributed by atoms with Gasteiger partial charge < -0.3 is 5.73 Å². The third kappa shape index (κ3) is 4.27. The largest absolute Gasteiger partial charge is 0.368 e. The van der Waals surface area contributed by atoms with Crippen molar-refractivity contribution in [1.29, 1.82) is 0 Å². The molecule has 0 saturated heterocycles. The minimum Gasteiger partial charge on any atom is -0.368 e. The summed E-state index contributed by atoms with van der Waals surface area (Å²) in [5.41, 5.74) is 7.05. The molecule has 1 amide bonds. The second kappa shape index (κ2) is 8.48. The quantitative estimate of drug-likeness (QED) is 0.635. The first-order chi connectivity index (χ1) is 13.0. The van der Waals surface area contributed by atoms with Crippen LogP contribution in [0.1, 0.15) is 16.7 Å². The molecule has 1 unspecified atom stereocenters. The molecule has 0 aliphatic carbocycles. The summed E-state index contributed by atoms with van der Waals surface area (Å²) in [6, 6.07) is 12.6. The first-order valence-electron chi connectivity index (χ1n) is 8.30. The lowest BCUT2D eigenvalue weighted by atomic mass is 9.82. The van der Waals surface area contributed by atoms with E-state index < -0.39 is 11.4 Å². The predicted octanol–water partition coefficient (Wildman–Crippen LogP) is 3.50. The molecule has 138 valence electrons. The highest BCUT2D eigenvalue weighted by molar-refractivity contribution is 6.42. The number of halogens is 2. The SMILES string of the molecule is NC(=O)C(Cc1ccncc1)(NCc1ccncc1)c1cccc(Cl)c1Cl. The number of benzene rings is 1. The number of carbonyl (C=O) groups is 1. The van der Waals surface area contributed by atoms with Crippen LogP contribution in [0.15, 0.2) is 67.3 Å². The van der Waals surface area contributed by atoms with Gasteiger partial charge >= 0.3 is 0 Å². The molecule has 3 rings (SSSR count). The van der Waals surface area contributed by atoms with Gasteiger partial charge in [0, 0.05) is 43.3 Å². The predicted molar refractivity (Wildman–Crippen MR) is 106 cm³/mol. The second-order valence-electron chi connectivity index (χ2n) is 6.11. The fraction of sp³-hybridized carbons (Fsp3) is 0.150. The van der Waals surface area contributed by atoms with Crippen molar-refractivity contribution in [2.75, 3.05) is 0 Å². The van der Waals surface area contributed by atoms with Gasteiger partial charge in [-0.2, -0.15) is 0 Å². The van der Waals surface area contributed by atoms with Gasteiger partial charge in [0.1, 0.15) is 5.54 Å². The van der Waals surface area contributed by atoms with Crippen LogP contribution in [0.3, 0.4) is 0 Å². The zero-order chi connectivity index (χ0) is 19.3. The number of nitrogens with one attached hydrogen (secondary N) is 1. The number of nitrogens with two attached hydrogens (primary N) is 1. The molecule has 0 saturated carbocycles. The third-order valence-corrected chi connectivity index (χ3v) is 5.21. The van der Waals surface area contributed by atoms with E-state index in [4.69, 9.17) is 28.9 Å². The molecule has 1 aromatic carbocycles. The maximum Gasteiger partial charge on any atom is 0.242 e. The standard InChI is InChI=1S/C20H18Cl2N4O/c21-17-3-1-2-16(18(17)22)20(19(23)27,12-14-4-8-24-9-5-14)26-13-15-6-10-25-11-7-15/h1-11,26H,12-13H2,(H2,23,27). The number of rotatable bonds is 7. The molecule has 0 radical (unpaired) electrons. The average molecular weight is 401 g/mol. The Bertz CT molecular complexity index is 922. The van der Waals surface area contributed by atoms with E-state index in [-0.39, 0.29) is 0 Å². The van der Waals surface area contributed by atoms with E-state index in [1.807, 2.05) is 24.3 Å². The number of carbonyl (C=O) groups excluding carboxylic acids is 1. The van der Waals surface area contributed by atoms with Gasteiger partial charge in [-0.15, -0.1) is 0 Å². The Hall–Kier alpha value is -2.47. The van der Waals surface area contributed by atoms with Gasteiger partial charge in [-0.25, -0.2) is 0 Å². The molecule has 1 atom stereocenters. The third-order valence-electron chi connectivity index (χ3n) is 4.39. The first kappa shape index (κ1) is 19.3. The van der Waals surface area contributed by atoms with Crippen molar-refractivity contribution in [3.63, 3.8) is 0 Å². The van der Waals surface area contributed by atoms with Gasteiger partial charge in [0.2, 0.25) is 5.91 Å². The van der Waals surface area contributed by atoms with Crippen LogP contribution in [0, 0.1) is 0 Å². The average Bonchev–Trinajstić information content (AvgIpc) is 2.69. The topological polar surface area (TPSA) is 80.9 Å². The van der Waals surface area contributed by atoms with Gasteiger partial charge in [0.25, 0.3) is 0 Å². The fourth-order valence-electron chi connectivity index (χ4n) is 2.95. The maximum atomic E-state index is 12.7. The summed E-state index contributed by atoms with van der Waals surface area (Å²) >= 11 is 12.7. The van der Waals surface area contributed by atoms with Crippen LogP contribution < -0.4 is 11.1 Å². The second-order valence-corrected chi connectivity index (χ2v) is 6.90. The lowest BCUT2D eigenvalue weighted by Crippen LogP contribution is -2.54. The smallest absolute Gasteiger partial charge is 0.242 e. The minimum atomic E-state index is -1.24. The van der Waals surface area contributed by atoms with Crippen molar-refractivity contribution < 1.29 is 4.79 Å². The Labute approximate surface area is 167 Å². The van der Waals surface area contributed by atoms with Crippen LogP contribution in [-0.2, 0) is 23.3 Å². The zero-order valence-corrected chi connectivity index (χ0v) is 15.9. The number of hydrogen-bond acceptors (Lipinski definition) is 4. The molecule has 3 aromatic rings. The highest BCUT2D eigenvalue weighted by Crippen LogP contribution is 2.36. The van der Waals surface area contributed by atoms with Gasteiger partial charge in [-0.3, -0.25) is 20.1 Å². The van der Waals surface area contributed by atoms with E-state index in [0.29, 0.717) is 28.6 Å². The Morgan fingerprint density at radius 3 is 2.15 bits per heavy atom. The summed E-state index contributed by atoms with van der Waals surface area (Å²) in [5, 5.41) is 3.98. The molecule has 7 heteroatoms. The Morgan fingerprint density at radius 2 is 1.56 bits per heavy atom. The summed E-state index contributed by atoms with van der Waals surface area (Å²) in [4.78, 5) is 20.8. The Balaban J connectivity index is 2.07. The monoisotopic (exact) mass is 400 g/mol. The van der Waals surface area contributed by atoms with Crippen molar-refractivity contribution in [1.82, 2.24) is 15.3 Å². The normalized spacial score (nSPS) is 13.1. The van der Waals surface area contributed by atoms with Crippen LogP contribution in [0.5, 0.6) is 0 Å². The molecule has 0 aliphatic heterocycles. The molecular weight excluding hydrogens is 383 g/mol. The summed E-state index contributed by atoms with van der Waals surface area (Å²) in [6.07, 6.45) is 7.03. The summed E-state index contributed by atoms with van der Waals surface area (Å²) in [6.45, 7) is 0.402. The van der Waals surface area contributed by atoms with E-state index in [1.165, 1.54) is 0 Å². The molecule has 0 fully saturated rings. The lowest BCUT2D eigenvalue weighted by molar-refractivity contribution is -0.125. The molecule has 5 nitrogen and oxygen atoms in total. The zero-order valence-electron chi connectivity index (χ0n) is 14.4. The van der Waals surface area contributed by atoms with Crippen molar-refractivity contribution >= 4 is 29.1 Å². The van der Waals surface area contributed by atoms with Gasteiger partial charge in [0.15, 0.2) is 0 Å². The van der Waals surface area contributed by atoms with Crippen LogP contribution >= 0.6 is 23.2 Å². The molecule has 3 N–H and O–H groups in total. The van der Waals surface area contributed by atoms with Crippen LogP contribution in [0.25, 0.3) is 0 Å². The summed E-state index contributed by atoms with van der Waals surface area (Å²) < 4.78 is 0. The Morgan fingerprint density at radius 1 is 0.963 bits per heavy atom. The summed E-state index contributed by atoms with van der Waals surface area (Å²) in [7, 11) is 0. The lowest BCUT2D eigenvalue weighted by Gasteiger charge is -2.33. The number of primary amides is 1. The van der Waals surface area contributed by atoms with E-state index in [1.54, 1.807) is 43.0 Å². The van der Waals surface area contributed by atoms with Crippen molar-refractivity contribution in [2.24, 2.45) is 5.73 Å². The molecule has 27 heavy (non-hydrogen) atoms. The molecule has 0 bridgehead atoms. The van der Waals surface area contributed by atoms with Crippen molar-refractivity contribution in [3.8, 4) is 0 Å².